The number of hydrogen-bond donors (Lipinski definition) is 1. The third kappa shape index (κ3) is 1.80. The molecule has 0 radical (unpaired) electrons. The summed E-state index contributed by atoms with van der Waals surface area (Å²) in [4.78, 5) is 9.72. The Balaban J connectivity index is 3.50. The monoisotopic (exact) mass is 240 g/mol. The van der Waals surface area contributed by atoms with E-state index in [0.717, 1.165) is 6.07 Å². The van der Waals surface area contributed by atoms with Crippen molar-refractivity contribution >= 4 is 46.2 Å². The Hall–Kier alpha value is -0.710. The first-order chi connectivity index (χ1) is 5.95. The number of rotatable bonds is 1. The van der Waals surface area contributed by atoms with Crippen LogP contribution in [0.3, 0.4) is 0 Å². The molecule has 70 valence electrons. The average molecular weight is 241 g/mol. The first-order valence-electron chi connectivity index (χ1n) is 3.02. The quantitative estimate of drug-likeness (QED) is 0.355. The molecule has 0 heterocycles. The molecule has 7 heteroatoms. The fourth-order valence-corrected chi connectivity index (χ4v) is 1.40. The molecule has 0 bridgehead atoms. The van der Waals surface area contributed by atoms with Crippen LogP contribution in [0.1, 0.15) is 0 Å². The largest absolute Gasteiger partial charge is 0.396 e. The van der Waals surface area contributed by atoms with Gasteiger partial charge in [-0.15, -0.1) is 0 Å². The van der Waals surface area contributed by atoms with Crippen LogP contribution in [0.25, 0.3) is 0 Å². The van der Waals surface area contributed by atoms with Crippen molar-refractivity contribution in [2.45, 2.75) is 0 Å². The van der Waals surface area contributed by atoms with Gasteiger partial charge in [-0.1, -0.05) is 34.8 Å². The topological polar surface area (TPSA) is 69.2 Å². The second-order valence-electron chi connectivity index (χ2n) is 2.18. The molecule has 4 nitrogen and oxygen atoms in total. The lowest BCUT2D eigenvalue weighted by Crippen LogP contribution is -1.94. The van der Waals surface area contributed by atoms with Crippen molar-refractivity contribution in [3.05, 3.63) is 31.2 Å². The number of anilines is 1. The van der Waals surface area contributed by atoms with Crippen LogP contribution < -0.4 is 5.73 Å². The van der Waals surface area contributed by atoms with Crippen molar-refractivity contribution in [3.8, 4) is 0 Å². The molecule has 0 aliphatic heterocycles. The van der Waals surface area contributed by atoms with Crippen LogP contribution >= 0.6 is 34.8 Å². The summed E-state index contributed by atoms with van der Waals surface area (Å²) in [6.45, 7) is 0. The van der Waals surface area contributed by atoms with E-state index in [1.807, 2.05) is 0 Å². The van der Waals surface area contributed by atoms with Gasteiger partial charge in [-0.25, -0.2) is 0 Å². The van der Waals surface area contributed by atoms with E-state index in [0.29, 0.717) is 0 Å². The Labute approximate surface area is 88.3 Å². The number of hydrogen-bond acceptors (Lipinski definition) is 3. The zero-order valence-electron chi connectivity index (χ0n) is 6.05. The normalized spacial score (nSPS) is 10.1. The molecule has 2 N–H and O–H groups in total. The van der Waals surface area contributed by atoms with Crippen molar-refractivity contribution in [2.75, 3.05) is 5.73 Å². The highest BCUT2D eigenvalue weighted by Crippen LogP contribution is 2.40. The van der Waals surface area contributed by atoms with Crippen LogP contribution in [-0.4, -0.2) is 4.92 Å². The van der Waals surface area contributed by atoms with Crippen LogP contribution in [0.4, 0.5) is 11.4 Å². The van der Waals surface area contributed by atoms with E-state index >= 15 is 0 Å². The standard InChI is InChI=1S/C6H3Cl3N2O2/c7-2-1-3(11(12)13)4(8)5(9)6(2)10/h1H,10H2. The summed E-state index contributed by atoms with van der Waals surface area (Å²) in [6.07, 6.45) is 0. The first-order valence-corrected chi connectivity index (χ1v) is 4.16. The lowest BCUT2D eigenvalue weighted by atomic mass is 10.3. The lowest BCUT2D eigenvalue weighted by molar-refractivity contribution is -0.384. The van der Waals surface area contributed by atoms with E-state index in [4.69, 9.17) is 40.5 Å². The molecule has 0 saturated heterocycles. The molecule has 0 spiro atoms. The molecule has 0 aliphatic rings. The first kappa shape index (κ1) is 10.4. The summed E-state index contributed by atoms with van der Waals surface area (Å²) in [5.41, 5.74) is 5.07. The predicted octanol–water partition coefficient (Wildman–Crippen LogP) is 3.14. The molecule has 1 aromatic carbocycles. The Morgan fingerprint density at radius 2 is 1.85 bits per heavy atom. The molecular weight excluding hydrogens is 238 g/mol. The Kier molecular flexibility index (Phi) is 2.85. The highest BCUT2D eigenvalue weighted by atomic mass is 35.5. The van der Waals surface area contributed by atoms with E-state index in [-0.39, 0.29) is 26.4 Å². The highest BCUT2D eigenvalue weighted by Gasteiger charge is 2.19. The van der Waals surface area contributed by atoms with Gasteiger partial charge in [0.2, 0.25) is 0 Å². The molecule has 0 unspecified atom stereocenters. The van der Waals surface area contributed by atoms with Gasteiger partial charge in [-0.2, -0.15) is 0 Å². The van der Waals surface area contributed by atoms with Gasteiger partial charge < -0.3 is 5.73 Å². The van der Waals surface area contributed by atoms with Crippen molar-refractivity contribution in [2.24, 2.45) is 0 Å². The fraction of sp³-hybridized carbons (Fsp3) is 0. The van der Waals surface area contributed by atoms with Crippen molar-refractivity contribution in [1.29, 1.82) is 0 Å². The summed E-state index contributed by atoms with van der Waals surface area (Å²) in [7, 11) is 0. The summed E-state index contributed by atoms with van der Waals surface area (Å²) in [5.74, 6) is 0. The minimum Gasteiger partial charge on any atom is -0.396 e. The highest BCUT2D eigenvalue weighted by molar-refractivity contribution is 6.47. The van der Waals surface area contributed by atoms with Crippen molar-refractivity contribution < 1.29 is 4.92 Å². The second kappa shape index (κ2) is 3.57. The lowest BCUT2D eigenvalue weighted by Gasteiger charge is -2.03. The van der Waals surface area contributed by atoms with Crippen LogP contribution in [0, 0.1) is 10.1 Å². The third-order valence-electron chi connectivity index (χ3n) is 1.37. The van der Waals surface area contributed by atoms with Gasteiger partial charge >= 0.3 is 0 Å². The number of halogens is 3. The molecule has 0 aromatic heterocycles. The molecule has 0 atom stereocenters. The molecule has 1 aromatic rings. The van der Waals surface area contributed by atoms with E-state index in [1.54, 1.807) is 0 Å². The van der Waals surface area contributed by atoms with E-state index < -0.39 is 4.92 Å². The fourth-order valence-electron chi connectivity index (χ4n) is 0.730. The minimum atomic E-state index is -0.681. The van der Waals surface area contributed by atoms with Gasteiger partial charge in [0, 0.05) is 6.07 Å². The van der Waals surface area contributed by atoms with Crippen LogP contribution in [0.5, 0.6) is 0 Å². The summed E-state index contributed by atoms with van der Waals surface area (Å²) < 4.78 is 0. The van der Waals surface area contributed by atoms with Gasteiger partial charge in [0.15, 0.2) is 0 Å². The molecule has 0 aliphatic carbocycles. The Morgan fingerprint density at radius 3 is 2.31 bits per heavy atom. The maximum Gasteiger partial charge on any atom is 0.291 e. The van der Waals surface area contributed by atoms with Crippen molar-refractivity contribution in [3.63, 3.8) is 0 Å². The SMILES string of the molecule is Nc1c(Cl)cc([N+](=O)[O-])c(Cl)c1Cl. The van der Waals surface area contributed by atoms with Gasteiger partial charge in [0.25, 0.3) is 5.69 Å². The maximum atomic E-state index is 10.4. The van der Waals surface area contributed by atoms with Crippen molar-refractivity contribution in [1.82, 2.24) is 0 Å². The minimum absolute atomic E-state index is 0.0149. The Morgan fingerprint density at radius 1 is 1.31 bits per heavy atom. The number of nitrogens with zero attached hydrogens (tertiary/aromatic N) is 1. The molecule has 1 rings (SSSR count). The number of nitrogen functional groups attached to an aromatic ring is 1. The Bertz CT molecular complexity index is 381. The average Bonchev–Trinajstić information content (AvgIpc) is 2.07. The molecular formula is C6H3Cl3N2O2. The van der Waals surface area contributed by atoms with E-state index in [9.17, 15) is 10.1 Å². The van der Waals surface area contributed by atoms with Crippen LogP contribution in [0.15, 0.2) is 6.07 Å². The zero-order chi connectivity index (χ0) is 10.2. The maximum absolute atomic E-state index is 10.4. The van der Waals surface area contributed by atoms with Gasteiger partial charge in [-0.05, 0) is 0 Å². The third-order valence-corrected chi connectivity index (χ3v) is 2.56. The van der Waals surface area contributed by atoms with E-state index in [1.165, 1.54) is 0 Å². The summed E-state index contributed by atoms with van der Waals surface area (Å²) in [5, 5.41) is 10.1. The summed E-state index contributed by atoms with van der Waals surface area (Å²) in [6, 6.07) is 1.06. The molecule has 0 fully saturated rings. The summed E-state index contributed by atoms with van der Waals surface area (Å²) >= 11 is 16.7. The van der Waals surface area contributed by atoms with E-state index in [2.05, 4.69) is 0 Å². The zero-order valence-corrected chi connectivity index (χ0v) is 8.32. The molecule has 0 amide bonds. The van der Waals surface area contributed by atoms with Gasteiger partial charge in [0.05, 0.1) is 20.7 Å². The second-order valence-corrected chi connectivity index (χ2v) is 3.34. The number of nitro groups is 1. The van der Waals surface area contributed by atoms with Gasteiger partial charge in [0.1, 0.15) is 5.02 Å². The molecule has 0 saturated carbocycles. The number of nitro benzene ring substituents is 1. The molecule has 13 heavy (non-hydrogen) atoms. The number of nitrogens with two attached hydrogens (primary N) is 1. The van der Waals surface area contributed by atoms with Gasteiger partial charge in [-0.3, -0.25) is 10.1 Å². The number of benzene rings is 1. The van der Waals surface area contributed by atoms with Crippen LogP contribution in [0.2, 0.25) is 15.1 Å². The van der Waals surface area contributed by atoms with Crippen LogP contribution in [-0.2, 0) is 0 Å². The predicted molar refractivity (Wildman–Crippen MR) is 52.5 cm³/mol. The smallest absolute Gasteiger partial charge is 0.291 e.